The van der Waals surface area contributed by atoms with Gasteiger partial charge >= 0.3 is 0 Å². The molecule has 2 heteroatoms. The van der Waals surface area contributed by atoms with Gasteiger partial charge in [0.1, 0.15) is 5.75 Å². The zero-order valence-corrected chi connectivity index (χ0v) is 11.4. The fraction of sp³-hybridized carbons (Fsp3) is 0.200. The number of hydrogen-bond donors (Lipinski definition) is 1. The van der Waals surface area contributed by atoms with E-state index in [4.69, 9.17) is 0 Å². The van der Waals surface area contributed by atoms with E-state index in [0.717, 1.165) is 22.9 Å². The zero-order valence-electron chi connectivity index (χ0n) is 9.78. The monoisotopic (exact) mass is 290 g/mol. The van der Waals surface area contributed by atoms with Gasteiger partial charge in [0.05, 0.1) is 0 Å². The minimum absolute atomic E-state index is 0.346. The Balaban J connectivity index is 2.25. The molecule has 0 aliphatic rings. The Hall–Kier alpha value is -1.28. The summed E-state index contributed by atoms with van der Waals surface area (Å²) in [5.74, 6) is 0.346. The van der Waals surface area contributed by atoms with Crippen LogP contribution in [0.2, 0.25) is 0 Å². The molecule has 0 heterocycles. The molecule has 2 aromatic rings. The number of hydrogen-bond acceptors (Lipinski definition) is 1. The molecular formula is C15H15BrO. The van der Waals surface area contributed by atoms with Crippen LogP contribution in [0.1, 0.15) is 23.6 Å². The highest BCUT2D eigenvalue weighted by atomic mass is 79.9. The first kappa shape index (κ1) is 12.2. The lowest BCUT2D eigenvalue weighted by Crippen LogP contribution is -1.91. The molecule has 17 heavy (non-hydrogen) atoms. The molecule has 2 rings (SSSR count). The van der Waals surface area contributed by atoms with Crippen LogP contribution >= 0.6 is 15.9 Å². The number of benzene rings is 2. The van der Waals surface area contributed by atoms with E-state index >= 15 is 0 Å². The van der Waals surface area contributed by atoms with E-state index in [-0.39, 0.29) is 0 Å². The lowest BCUT2D eigenvalue weighted by molar-refractivity contribution is 0.469. The van der Waals surface area contributed by atoms with Crippen LogP contribution in [0.4, 0.5) is 0 Å². The summed E-state index contributed by atoms with van der Waals surface area (Å²) in [7, 11) is 0. The number of aryl methyl sites for hydroxylation is 1. The molecule has 0 radical (unpaired) electrons. The standard InChI is InChI=1S/C15H15BrO/c1-2-11-6-8-12(9-7-11)10-13-14(16)4-3-5-15(13)17/h3-9,17H,2,10H2,1H3. The molecule has 1 nitrogen and oxygen atoms in total. The van der Waals surface area contributed by atoms with E-state index in [1.807, 2.05) is 12.1 Å². The van der Waals surface area contributed by atoms with Crippen LogP contribution < -0.4 is 0 Å². The van der Waals surface area contributed by atoms with Crippen molar-refractivity contribution in [1.29, 1.82) is 0 Å². The Morgan fingerprint density at radius 1 is 1.00 bits per heavy atom. The first-order chi connectivity index (χ1) is 8.20. The number of phenolic OH excluding ortho intramolecular Hbond substituents is 1. The third-order valence-electron chi connectivity index (χ3n) is 2.91. The summed E-state index contributed by atoms with van der Waals surface area (Å²) < 4.78 is 0.956. The van der Waals surface area contributed by atoms with Gasteiger partial charge in [-0.15, -0.1) is 0 Å². The van der Waals surface area contributed by atoms with Crippen molar-refractivity contribution in [3.8, 4) is 5.75 Å². The molecule has 88 valence electrons. The molecule has 0 aliphatic carbocycles. The highest BCUT2D eigenvalue weighted by Gasteiger charge is 2.06. The number of phenols is 1. The number of rotatable bonds is 3. The van der Waals surface area contributed by atoms with E-state index < -0.39 is 0 Å². The molecule has 0 spiro atoms. The van der Waals surface area contributed by atoms with E-state index in [9.17, 15) is 5.11 Å². The van der Waals surface area contributed by atoms with Crippen molar-refractivity contribution in [3.63, 3.8) is 0 Å². The average Bonchev–Trinajstić information content (AvgIpc) is 2.35. The summed E-state index contributed by atoms with van der Waals surface area (Å²) in [6, 6.07) is 14.0. The first-order valence-electron chi connectivity index (χ1n) is 5.75. The second kappa shape index (κ2) is 5.37. The van der Waals surface area contributed by atoms with Crippen molar-refractivity contribution in [2.24, 2.45) is 0 Å². The van der Waals surface area contributed by atoms with Gasteiger partial charge < -0.3 is 5.11 Å². The lowest BCUT2D eigenvalue weighted by atomic mass is 10.0. The second-order valence-corrected chi connectivity index (χ2v) is 4.94. The zero-order chi connectivity index (χ0) is 12.3. The number of halogens is 1. The van der Waals surface area contributed by atoms with Crippen LogP contribution in [-0.4, -0.2) is 5.11 Å². The normalized spacial score (nSPS) is 10.5. The van der Waals surface area contributed by atoms with E-state index in [0.29, 0.717) is 5.75 Å². The van der Waals surface area contributed by atoms with Gasteiger partial charge in [-0.05, 0) is 29.7 Å². The van der Waals surface area contributed by atoms with Gasteiger partial charge in [-0.1, -0.05) is 53.2 Å². The van der Waals surface area contributed by atoms with Crippen LogP contribution in [0.15, 0.2) is 46.9 Å². The fourth-order valence-corrected chi connectivity index (χ4v) is 2.32. The average molecular weight is 291 g/mol. The van der Waals surface area contributed by atoms with Crippen molar-refractivity contribution < 1.29 is 5.11 Å². The third-order valence-corrected chi connectivity index (χ3v) is 3.65. The molecule has 0 amide bonds. The fourth-order valence-electron chi connectivity index (χ4n) is 1.82. The summed E-state index contributed by atoms with van der Waals surface area (Å²) in [6.07, 6.45) is 1.80. The largest absolute Gasteiger partial charge is 0.508 e. The van der Waals surface area contributed by atoms with Crippen LogP contribution in [0.5, 0.6) is 5.75 Å². The maximum atomic E-state index is 9.82. The Kier molecular flexibility index (Phi) is 3.85. The van der Waals surface area contributed by atoms with Crippen LogP contribution in [0, 0.1) is 0 Å². The van der Waals surface area contributed by atoms with Crippen molar-refractivity contribution in [3.05, 3.63) is 63.6 Å². The molecular weight excluding hydrogens is 276 g/mol. The second-order valence-electron chi connectivity index (χ2n) is 4.08. The molecule has 0 bridgehead atoms. The van der Waals surface area contributed by atoms with Crippen molar-refractivity contribution >= 4 is 15.9 Å². The van der Waals surface area contributed by atoms with Crippen molar-refractivity contribution in [2.45, 2.75) is 19.8 Å². The maximum absolute atomic E-state index is 9.82. The van der Waals surface area contributed by atoms with Crippen molar-refractivity contribution in [2.75, 3.05) is 0 Å². The van der Waals surface area contributed by atoms with Gasteiger partial charge in [0.2, 0.25) is 0 Å². The van der Waals surface area contributed by atoms with Gasteiger partial charge in [0.25, 0.3) is 0 Å². The Labute approximate surface area is 110 Å². The molecule has 1 N–H and O–H groups in total. The molecule has 0 aliphatic heterocycles. The Bertz CT molecular complexity index is 483. The van der Waals surface area contributed by atoms with Crippen LogP contribution in [-0.2, 0) is 12.8 Å². The van der Waals surface area contributed by atoms with E-state index in [1.54, 1.807) is 6.07 Å². The number of aromatic hydroxyl groups is 1. The van der Waals surface area contributed by atoms with Crippen LogP contribution in [0.3, 0.4) is 0 Å². The highest BCUT2D eigenvalue weighted by Crippen LogP contribution is 2.28. The summed E-state index contributed by atoms with van der Waals surface area (Å²) in [5, 5.41) is 9.82. The summed E-state index contributed by atoms with van der Waals surface area (Å²) in [6.45, 7) is 2.15. The quantitative estimate of drug-likeness (QED) is 0.893. The lowest BCUT2D eigenvalue weighted by Gasteiger charge is -2.07. The molecule has 0 saturated heterocycles. The predicted octanol–water partition coefficient (Wildman–Crippen LogP) is 4.31. The smallest absolute Gasteiger partial charge is 0.120 e. The molecule has 0 unspecified atom stereocenters. The Morgan fingerprint density at radius 3 is 2.24 bits per heavy atom. The van der Waals surface area contributed by atoms with Crippen molar-refractivity contribution in [1.82, 2.24) is 0 Å². The SMILES string of the molecule is CCc1ccc(Cc2c(O)cccc2Br)cc1. The summed E-state index contributed by atoms with van der Waals surface area (Å²) >= 11 is 3.47. The van der Waals surface area contributed by atoms with E-state index in [1.165, 1.54) is 11.1 Å². The van der Waals surface area contributed by atoms with Gasteiger partial charge in [0, 0.05) is 16.5 Å². The van der Waals surface area contributed by atoms with Gasteiger partial charge in [0.15, 0.2) is 0 Å². The third kappa shape index (κ3) is 2.89. The topological polar surface area (TPSA) is 20.2 Å². The minimum Gasteiger partial charge on any atom is -0.508 e. The summed E-state index contributed by atoms with van der Waals surface area (Å²) in [4.78, 5) is 0. The van der Waals surface area contributed by atoms with Gasteiger partial charge in [-0.2, -0.15) is 0 Å². The summed E-state index contributed by atoms with van der Waals surface area (Å²) in [5.41, 5.74) is 3.49. The Morgan fingerprint density at radius 2 is 1.65 bits per heavy atom. The maximum Gasteiger partial charge on any atom is 0.120 e. The minimum atomic E-state index is 0.346. The molecule has 0 saturated carbocycles. The van der Waals surface area contributed by atoms with Gasteiger partial charge in [-0.3, -0.25) is 0 Å². The van der Waals surface area contributed by atoms with E-state index in [2.05, 4.69) is 47.1 Å². The van der Waals surface area contributed by atoms with Crippen LogP contribution in [0.25, 0.3) is 0 Å². The molecule has 0 atom stereocenters. The highest BCUT2D eigenvalue weighted by molar-refractivity contribution is 9.10. The molecule has 2 aromatic carbocycles. The predicted molar refractivity (Wildman–Crippen MR) is 74.4 cm³/mol. The molecule has 0 aromatic heterocycles. The van der Waals surface area contributed by atoms with Gasteiger partial charge in [-0.25, -0.2) is 0 Å². The first-order valence-corrected chi connectivity index (χ1v) is 6.54. The molecule has 0 fully saturated rings.